The summed E-state index contributed by atoms with van der Waals surface area (Å²) >= 11 is 0. The number of aryl methyl sites for hydroxylation is 1. The van der Waals surface area contributed by atoms with Crippen LogP contribution in [0.2, 0.25) is 0 Å². The molecule has 0 fully saturated rings. The molecule has 9 heavy (non-hydrogen) atoms. The molecule has 1 aromatic rings. The number of hydrogen-bond donors (Lipinski definition) is 0. The molecule has 0 amide bonds. The van der Waals surface area contributed by atoms with E-state index in [0.29, 0.717) is 0 Å². The lowest BCUT2D eigenvalue weighted by Crippen LogP contribution is -2.10. The smallest absolute Gasteiger partial charge is 0.172 e. The summed E-state index contributed by atoms with van der Waals surface area (Å²) in [4.78, 5) is 0. The summed E-state index contributed by atoms with van der Waals surface area (Å²) < 4.78 is 0. The first-order valence-electron chi connectivity index (χ1n) is 2.95. The molecule has 1 atom stereocenters. The van der Waals surface area contributed by atoms with Crippen molar-refractivity contribution < 1.29 is 0 Å². The molecule has 0 aromatic heterocycles. The SMILES string of the molecule is Cc1ccccc1[B]P. The number of hydrogen-bond acceptors (Lipinski definition) is 0. The lowest BCUT2D eigenvalue weighted by Gasteiger charge is -1.97. The van der Waals surface area contributed by atoms with Gasteiger partial charge in [0.1, 0.15) is 0 Å². The van der Waals surface area contributed by atoms with Crippen LogP contribution in [0.4, 0.5) is 0 Å². The monoisotopic (exact) mass is 135 g/mol. The topological polar surface area (TPSA) is 0 Å². The fourth-order valence-electron chi connectivity index (χ4n) is 0.774. The van der Waals surface area contributed by atoms with Crippen LogP contribution in [0, 0.1) is 6.92 Å². The van der Waals surface area contributed by atoms with E-state index in [1.54, 1.807) is 0 Å². The average Bonchev–Trinajstić information content (AvgIpc) is 1.89. The second-order valence-corrected chi connectivity index (χ2v) is 2.36. The summed E-state index contributed by atoms with van der Waals surface area (Å²) in [5.41, 5.74) is 2.62. The first-order valence-corrected chi connectivity index (χ1v) is 3.62. The summed E-state index contributed by atoms with van der Waals surface area (Å²) in [6.07, 6.45) is 0. The molecule has 0 heterocycles. The predicted octanol–water partition coefficient (Wildman–Crippen LogP) is 1.11. The van der Waals surface area contributed by atoms with Gasteiger partial charge in [-0.3, -0.25) is 0 Å². The van der Waals surface area contributed by atoms with Gasteiger partial charge in [0.2, 0.25) is 0 Å². The minimum Gasteiger partial charge on any atom is -0.172 e. The highest BCUT2D eigenvalue weighted by Gasteiger charge is 1.91. The molecule has 0 saturated heterocycles. The molecule has 0 aliphatic heterocycles. The molecule has 0 nitrogen and oxygen atoms in total. The highest BCUT2D eigenvalue weighted by Crippen LogP contribution is 1.92. The first-order chi connectivity index (χ1) is 4.34. The lowest BCUT2D eigenvalue weighted by molar-refractivity contribution is 1.52. The minimum atomic E-state index is 1.29. The van der Waals surface area contributed by atoms with E-state index >= 15 is 0 Å². The van der Waals surface area contributed by atoms with Gasteiger partial charge in [0.05, 0.1) is 0 Å². The van der Waals surface area contributed by atoms with Crippen LogP contribution >= 0.6 is 9.12 Å². The average molecular weight is 135 g/mol. The van der Waals surface area contributed by atoms with Gasteiger partial charge in [0.25, 0.3) is 0 Å². The Bertz CT molecular complexity index is 198. The summed E-state index contributed by atoms with van der Waals surface area (Å²) in [5, 5.41) is 0. The second kappa shape index (κ2) is 3.03. The van der Waals surface area contributed by atoms with Crippen molar-refractivity contribution in [3.05, 3.63) is 29.8 Å². The largest absolute Gasteiger partial charge is 0.179 e. The van der Waals surface area contributed by atoms with Crippen molar-refractivity contribution in [1.29, 1.82) is 0 Å². The molecule has 2 heteroatoms. The summed E-state index contributed by atoms with van der Waals surface area (Å²) in [5.74, 6) is 0. The van der Waals surface area contributed by atoms with Crippen molar-refractivity contribution in [2.24, 2.45) is 0 Å². The summed E-state index contributed by atoms with van der Waals surface area (Å²) in [6, 6.07) is 8.30. The third-order valence-electron chi connectivity index (χ3n) is 1.37. The van der Waals surface area contributed by atoms with E-state index < -0.39 is 0 Å². The fraction of sp³-hybridized carbons (Fsp3) is 0.143. The van der Waals surface area contributed by atoms with Crippen molar-refractivity contribution in [2.45, 2.75) is 6.92 Å². The van der Waals surface area contributed by atoms with Gasteiger partial charge in [-0.25, -0.2) is 0 Å². The van der Waals surface area contributed by atoms with Crippen molar-refractivity contribution in [2.75, 3.05) is 0 Å². The number of rotatable bonds is 1. The van der Waals surface area contributed by atoms with E-state index in [-0.39, 0.29) is 0 Å². The van der Waals surface area contributed by atoms with Gasteiger partial charge in [-0.2, -0.15) is 9.12 Å². The van der Waals surface area contributed by atoms with E-state index in [2.05, 4.69) is 28.2 Å². The van der Waals surface area contributed by atoms with Crippen molar-refractivity contribution in [3.63, 3.8) is 0 Å². The zero-order chi connectivity index (χ0) is 6.69. The summed E-state index contributed by atoms with van der Waals surface area (Å²) in [6.45, 7) is 4.14. The maximum absolute atomic E-state index is 2.60. The molecule has 1 unspecified atom stereocenters. The van der Waals surface area contributed by atoms with Gasteiger partial charge < -0.3 is 0 Å². The molecule has 0 saturated carbocycles. The van der Waals surface area contributed by atoms with Gasteiger partial charge in [0.15, 0.2) is 7.00 Å². The standard InChI is InChI=1S/C7H9BP/c1-6-4-2-3-5-7(6)8-9/h2-5H,9H2,1H3. The molecule has 0 spiro atoms. The van der Waals surface area contributed by atoms with Crippen LogP contribution < -0.4 is 5.46 Å². The molecule has 1 rings (SSSR count). The van der Waals surface area contributed by atoms with Gasteiger partial charge in [-0.15, -0.1) is 0 Å². The van der Waals surface area contributed by atoms with E-state index in [0.717, 1.165) is 0 Å². The maximum atomic E-state index is 2.60. The van der Waals surface area contributed by atoms with Crippen LogP contribution in [0.25, 0.3) is 0 Å². The zero-order valence-corrected chi connectivity index (χ0v) is 6.62. The second-order valence-electron chi connectivity index (χ2n) is 2.02. The number of benzene rings is 1. The Hall–Kier alpha value is -0.285. The molecule has 0 bridgehead atoms. The Labute approximate surface area is 59.1 Å². The molecule has 1 radical (unpaired) electrons. The normalized spacial score (nSPS) is 9.11. The van der Waals surface area contributed by atoms with Gasteiger partial charge in [-0.05, 0) is 6.92 Å². The van der Waals surface area contributed by atoms with Crippen molar-refractivity contribution >= 4 is 21.6 Å². The fourth-order valence-corrected chi connectivity index (χ4v) is 1.15. The van der Waals surface area contributed by atoms with E-state index in [4.69, 9.17) is 0 Å². The highest BCUT2D eigenvalue weighted by atomic mass is 31.0. The van der Waals surface area contributed by atoms with Gasteiger partial charge >= 0.3 is 0 Å². The summed E-state index contributed by atoms with van der Waals surface area (Å²) in [7, 11) is 2.60. The Morgan fingerprint density at radius 3 is 2.44 bits per heavy atom. The van der Waals surface area contributed by atoms with Crippen molar-refractivity contribution in [1.82, 2.24) is 0 Å². The zero-order valence-electron chi connectivity index (χ0n) is 5.46. The van der Waals surface area contributed by atoms with Crippen LogP contribution in [0.15, 0.2) is 24.3 Å². The molecule has 0 aliphatic rings. The minimum absolute atomic E-state index is 1.29. The Balaban J connectivity index is 3.01. The van der Waals surface area contributed by atoms with Crippen LogP contribution in [-0.4, -0.2) is 7.00 Å². The van der Waals surface area contributed by atoms with E-state index in [1.165, 1.54) is 11.0 Å². The van der Waals surface area contributed by atoms with Crippen LogP contribution in [0.3, 0.4) is 0 Å². The first kappa shape index (κ1) is 6.83. The molecule has 0 aliphatic carbocycles. The van der Waals surface area contributed by atoms with E-state index in [9.17, 15) is 0 Å². The molecule has 1 aromatic carbocycles. The Morgan fingerprint density at radius 2 is 2.00 bits per heavy atom. The van der Waals surface area contributed by atoms with Crippen LogP contribution in [-0.2, 0) is 0 Å². The predicted molar refractivity (Wildman–Crippen MR) is 46.3 cm³/mol. The lowest BCUT2D eigenvalue weighted by atomic mass is 9.90. The molecule has 0 N–H and O–H groups in total. The quantitative estimate of drug-likeness (QED) is 0.399. The van der Waals surface area contributed by atoms with E-state index in [1.807, 2.05) is 19.1 Å². The molecular formula is C7H9BP. The van der Waals surface area contributed by atoms with Gasteiger partial charge in [0, 0.05) is 0 Å². The third kappa shape index (κ3) is 1.56. The molecule has 45 valence electrons. The Kier molecular flexibility index (Phi) is 2.30. The third-order valence-corrected chi connectivity index (χ3v) is 1.73. The van der Waals surface area contributed by atoms with Crippen LogP contribution in [0.1, 0.15) is 5.56 Å². The van der Waals surface area contributed by atoms with Gasteiger partial charge in [-0.1, -0.05) is 35.3 Å². The molecular weight excluding hydrogens is 126 g/mol. The highest BCUT2D eigenvalue weighted by molar-refractivity contribution is 7.58. The maximum Gasteiger partial charge on any atom is 0.179 e. The van der Waals surface area contributed by atoms with Crippen molar-refractivity contribution in [3.8, 4) is 0 Å². The Morgan fingerprint density at radius 1 is 1.33 bits per heavy atom. The van der Waals surface area contributed by atoms with Crippen LogP contribution in [0.5, 0.6) is 0 Å².